The van der Waals surface area contributed by atoms with Crippen LogP contribution in [0.2, 0.25) is 0 Å². The van der Waals surface area contributed by atoms with Crippen molar-refractivity contribution < 1.29 is 14.6 Å². The number of aliphatic carboxylic acids is 1. The lowest BCUT2D eigenvalue weighted by molar-refractivity contribution is -0.138. The molecule has 36 heavy (non-hydrogen) atoms. The minimum absolute atomic E-state index is 0.163. The summed E-state index contributed by atoms with van der Waals surface area (Å²) < 4.78 is 7.75. The molecule has 1 aliphatic carbocycles. The standard InChI is InChI=1S/C26H33N7O3/c1-3-19-22(33-11-5-6-17(14-33)12-25(34)35)10-9-20(29-19)26-23(32(2)31-30-26)15-36-24-13-21(27-16-28-24)18-7-4-8-18/h9-10,13,16-18H,3-8,11-12,14-15H2,1-2H3,(H,34,35)/t17-/m1/s1. The zero-order valence-electron chi connectivity index (χ0n) is 20.9. The van der Waals surface area contributed by atoms with Crippen LogP contribution < -0.4 is 9.64 Å². The molecule has 190 valence electrons. The first-order chi connectivity index (χ1) is 17.5. The maximum absolute atomic E-state index is 11.2. The van der Waals surface area contributed by atoms with Crippen LogP contribution in [-0.4, -0.2) is 54.1 Å². The predicted octanol–water partition coefficient (Wildman–Crippen LogP) is 3.77. The third kappa shape index (κ3) is 5.17. The van der Waals surface area contributed by atoms with Crippen LogP contribution in [-0.2, 0) is 24.9 Å². The molecule has 0 spiro atoms. The molecule has 10 heteroatoms. The lowest BCUT2D eigenvalue weighted by atomic mass is 9.83. The van der Waals surface area contributed by atoms with Gasteiger partial charge in [0.25, 0.3) is 0 Å². The number of aryl methyl sites for hydroxylation is 2. The van der Waals surface area contributed by atoms with E-state index in [0.29, 0.717) is 17.5 Å². The minimum Gasteiger partial charge on any atom is -0.481 e. The fourth-order valence-corrected chi connectivity index (χ4v) is 5.11. The van der Waals surface area contributed by atoms with Crippen molar-refractivity contribution in [2.75, 3.05) is 18.0 Å². The van der Waals surface area contributed by atoms with E-state index in [2.05, 4.69) is 38.2 Å². The zero-order valence-corrected chi connectivity index (χ0v) is 20.9. The van der Waals surface area contributed by atoms with E-state index in [1.54, 1.807) is 11.0 Å². The number of carbonyl (C=O) groups is 1. The Morgan fingerprint density at radius 3 is 2.81 bits per heavy atom. The Morgan fingerprint density at radius 2 is 2.06 bits per heavy atom. The van der Waals surface area contributed by atoms with E-state index in [1.807, 2.05) is 19.2 Å². The summed E-state index contributed by atoms with van der Waals surface area (Å²) in [7, 11) is 1.85. The largest absolute Gasteiger partial charge is 0.481 e. The first-order valence-corrected chi connectivity index (χ1v) is 12.8. The second-order valence-electron chi connectivity index (χ2n) is 9.77. The quantitative estimate of drug-likeness (QED) is 0.477. The van der Waals surface area contributed by atoms with E-state index in [4.69, 9.17) is 9.72 Å². The lowest BCUT2D eigenvalue weighted by Crippen LogP contribution is -2.37. The highest BCUT2D eigenvalue weighted by atomic mass is 16.5. The Bertz CT molecular complexity index is 1220. The summed E-state index contributed by atoms with van der Waals surface area (Å²) in [6.07, 6.45) is 8.08. The van der Waals surface area contributed by atoms with Crippen molar-refractivity contribution in [1.29, 1.82) is 0 Å². The highest BCUT2D eigenvalue weighted by molar-refractivity contribution is 5.67. The van der Waals surface area contributed by atoms with Crippen molar-refractivity contribution >= 4 is 11.7 Å². The number of rotatable bonds is 9. The molecule has 1 saturated heterocycles. The highest BCUT2D eigenvalue weighted by Gasteiger charge is 2.25. The molecule has 0 amide bonds. The number of pyridine rings is 1. The molecule has 0 radical (unpaired) electrons. The fraction of sp³-hybridized carbons (Fsp3) is 0.538. The van der Waals surface area contributed by atoms with Crippen molar-refractivity contribution in [3.05, 3.63) is 41.6 Å². The third-order valence-electron chi connectivity index (χ3n) is 7.34. The Labute approximate surface area is 210 Å². The van der Waals surface area contributed by atoms with Gasteiger partial charge in [0.1, 0.15) is 24.3 Å². The average molecular weight is 492 g/mol. The summed E-state index contributed by atoms with van der Waals surface area (Å²) in [5.74, 6) is 0.497. The van der Waals surface area contributed by atoms with E-state index >= 15 is 0 Å². The number of carboxylic acids is 1. The molecule has 0 aromatic carbocycles. The normalized spacial score (nSPS) is 18.2. The van der Waals surface area contributed by atoms with Gasteiger partial charge < -0.3 is 14.7 Å². The van der Waals surface area contributed by atoms with Crippen LogP contribution >= 0.6 is 0 Å². The molecule has 4 heterocycles. The van der Waals surface area contributed by atoms with Gasteiger partial charge in [-0.05, 0) is 50.2 Å². The van der Waals surface area contributed by atoms with E-state index in [0.717, 1.165) is 60.8 Å². The number of hydrogen-bond acceptors (Lipinski definition) is 8. The van der Waals surface area contributed by atoms with Gasteiger partial charge in [0, 0.05) is 38.5 Å². The van der Waals surface area contributed by atoms with Crippen molar-refractivity contribution in [1.82, 2.24) is 29.9 Å². The lowest BCUT2D eigenvalue weighted by Gasteiger charge is -2.34. The molecule has 1 saturated carbocycles. The van der Waals surface area contributed by atoms with E-state index in [1.165, 1.54) is 19.3 Å². The molecule has 1 aliphatic heterocycles. The summed E-state index contributed by atoms with van der Waals surface area (Å²) in [6, 6.07) is 5.99. The van der Waals surface area contributed by atoms with Crippen LogP contribution in [0, 0.1) is 5.92 Å². The SMILES string of the molecule is CCc1nc(-c2nnn(C)c2COc2cc(C3CCC3)ncn2)ccc1N1CCC[C@H](CC(=O)O)C1. The maximum atomic E-state index is 11.2. The first kappa shape index (κ1) is 24.1. The van der Waals surface area contributed by atoms with Gasteiger partial charge in [-0.15, -0.1) is 5.10 Å². The fourth-order valence-electron chi connectivity index (χ4n) is 5.11. The molecule has 2 aliphatic rings. The van der Waals surface area contributed by atoms with Gasteiger partial charge in [-0.3, -0.25) is 4.79 Å². The van der Waals surface area contributed by atoms with Crippen LogP contribution in [0.25, 0.3) is 11.4 Å². The highest BCUT2D eigenvalue weighted by Crippen LogP contribution is 2.36. The van der Waals surface area contributed by atoms with E-state index in [9.17, 15) is 9.90 Å². The number of hydrogen-bond donors (Lipinski definition) is 1. The second kappa shape index (κ2) is 10.6. The molecule has 1 N–H and O–H groups in total. The van der Waals surface area contributed by atoms with Crippen molar-refractivity contribution in [3.8, 4) is 17.3 Å². The molecule has 5 rings (SSSR count). The number of ether oxygens (including phenoxy) is 1. The zero-order chi connectivity index (χ0) is 25.1. The van der Waals surface area contributed by atoms with Gasteiger partial charge >= 0.3 is 5.97 Å². The van der Waals surface area contributed by atoms with E-state index in [-0.39, 0.29) is 18.9 Å². The van der Waals surface area contributed by atoms with Crippen LogP contribution in [0.4, 0.5) is 5.69 Å². The summed E-state index contributed by atoms with van der Waals surface area (Å²) in [5, 5.41) is 17.8. The maximum Gasteiger partial charge on any atom is 0.303 e. The van der Waals surface area contributed by atoms with Crippen LogP contribution in [0.1, 0.15) is 68.4 Å². The first-order valence-electron chi connectivity index (χ1n) is 12.8. The van der Waals surface area contributed by atoms with Crippen molar-refractivity contribution in [2.45, 2.75) is 64.4 Å². The predicted molar refractivity (Wildman–Crippen MR) is 134 cm³/mol. The van der Waals surface area contributed by atoms with Gasteiger partial charge in [-0.2, -0.15) is 0 Å². The van der Waals surface area contributed by atoms with Crippen molar-refractivity contribution in [3.63, 3.8) is 0 Å². The Kier molecular flexibility index (Phi) is 7.11. The van der Waals surface area contributed by atoms with Gasteiger partial charge in [0.2, 0.25) is 5.88 Å². The Hall–Kier alpha value is -3.56. The topological polar surface area (TPSA) is 119 Å². The van der Waals surface area contributed by atoms with Crippen LogP contribution in [0.15, 0.2) is 24.5 Å². The Morgan fingerprint density at radius 1 is 1.19 bits per heavy atom. The van der Waals surface area contributed by atoms with Gasteiger partial charge in [0.05, 0.1) is 22.8 Å². The summed E-state index contributed by atoms with van der Waals surface area (Å²) in [4.78, 5) is 27.1. The molecule has 0 bridgehead atoms. The van der Waals surface area contributed by atoms with Crippen molar-refractivity contribution in [2.24, 2.45) is 13.0 Å². The monoisotopic (exact) mass is 491 g/mol. The number of anilines is 1. The molecule has 10 nitrogen and oxygen atoms in total. The molecule has 2 fully saturated rings. The number of piperidine rings is 1. The molecule has 0 unspecified atom stereocenters. The third-order valence-corrected chi connectivity index (χ3v) is 7.34. The molecule has 1 atom stereocenters. The number of aromatic nitrogens is 6. The van der Waals surface area contributed by atoms with Crippen LogP contribution in [0.5, 0.6) is 5.88 Å². The van der Waals surface area contributed by atoms with Gasteiger partial charge in [-0.25, -0.2) is 19.6 Å². The van der Waals surface area contributed by atoms with E-state index < -0.39 is 5.97 Å². The number of nitrogens with zero attached hydrogens (tertiary/aromatic N) is 7. The summed E-state index contributed by atoms with van der Waals surface area (Å²) in [5.41, 5.74) is 5.35. The van der Waals surface area contributed by atoms with Gasteiger partial charge in [0.15, 0.2) is 0 Å². The minimum atomic E-state index is -0.732. The summed E-state index contributed by atoms with van der Waals surface area (Å²) >= 11 is 0. The van der Waals surface area contributed by atoms with Crippen LogP contribution in [0.3, 0.4) is 0 Å². The smallest absolute Gasteiger partial charge is 0.303 e. The van der Waals surface area contributed by atoms with Gasteiger partial charge in [-0.1, -0.05) is 18.6 Å². The second-order valence-corrected chi connectivity index (χ2v) is 9.77. The molecular weight excluding hydrogens is 458 g/mol. The molecule has 3 aromatic rings. The average Bonchev–Trinajstić information content (AvgIpc) is 3.21. The number of carboxylic acid groups (broad SMARTS) is 1. The molecular formula is C26H33N7O3. The summed E-state index contributed by atoms with van der Waals surface area (Å²) in [6.45, 7) is 4.01. The Balaban J connectivity index is 1.34. The molecule has 3 aromatic heterocycles.